The van der Waals surface area contributed by atoms with E-state index in [2.05, 4.69) is 23.2 Å². The van der Waals surface area contributed by atoms with Crippen LogP contribution in [0.1, 0.15) is 45.1 Å². The first-order valence-electron chi connectivity index (χ1n) is 11.5. The standard InChI is InChI=1S/C26H33N3O2/c1-3-15-27-22-8-10-23(11-9-22)29-25-13-12-24(19-21(25)7-14-26(29)30)31-18-5-17-28-16-4-6-20(28)2/h3,8-13,15,19-20,27H,4-7,14,16-18H2,1-2H3/b15-3-/t20-/m1/s1. The Balaban J connectivity index is 1.40. The van der Waals surface area contributed by atoms with Crippen molar-refractivity contribution in [3.63, 3.8) is 0 Å². The molecule has 2 aliphatic heterocycles. The van der Waals surface area contributed by atoms with E-state index in [1.165, 1.54) is 24.9 Å². The highest BCUT2D eigenvalue weighted by atomic mass is 16.5. The third-order valence-electron chi connectivity index (χ3n) is 6.24. The second-order valence-electron chi connectivity index (χ2n) is 8.44. The second-order valence-corrected chi connectivity index (χ2v) is 8.44. The molecule has 0 saturated carbocycles. The molecule has 31 heavy (non-hydrogen) atoms. The van der Waals surface area contributed by atoms with Gasteiger partial charge >= 0.3 is 0 Å². The lowest BCUT2D eigenvalue weighted by molar-refractivity contribution is -0.118. The van der Waals surface area contributed by atoms with Gasteiger partial charge in [-0.05, 0) is 100 Å². The Morgan fingerprint density at radius 1 is 1.16 bits per heavy atom. The lowest BCUT2D eigenvalue weighted by Crippen LogP contribution is -2.30. The van der Waals surface area contributed by atoms with Crippen LogP contribution in [-0.2, 0) is 11.2 Å². The Labute approximate surface area is 185 Å². The number of carbonyl (C=O) groups excluding carboxylic acids is 1. The van der Waals surface area contributed by atoms with Crippen LogP contribution in [0.25, 0.3) is 0 Å². The van der Waals surface area contributed by atoms with Crippen molar-refractivity contribution in [2.24, 2.45) is 0 Å². The summed E-state index contributed by atoms with van der Waals surface area (Å²) in [6, 6.07) is 14.8. The van der Waals surface area contributed by atoms with Crippen molar-refractivity contribution >= 4 is 23.0 Å². The zero-order valence-electron chi connectivity index (χ0n) is 18.6. The van der Waals surface area contributed by atoms with Crippen LogP contribution in [0.5, 0.6) is 5.75 Å². The van der Waals surface area contributed by atoms with E-state index in [1.807, 2.05) is 60.5 Å². The number of hydrogen-bond donors (Lipinski definition) is 1. The summed E-state index contributed by atoms with van der Waals surface area (Å²) in [5, 5.41) is 3.20. The Bertz CT molecular complexity index is 923. The number of fused-ring (bicyclic) bond motifs is 1. The molecule has 1 amide bonds. The van der Waals surface area contributed by atoms with Gasteiger partial charge in [-0.1, -0.05) is 6.08 Å². The summed E-state index contributed by atoms with van der Waals surface area (Å²) in [5.41, 5.74) is 4.02. The van der Waals surface area contributed by atoms with Gasteiger partial charge in [0.1, 0.15) is 5.75 Å². The SMILES string of the molecule is C/C=C\Nc1ccc(N2C(=O)CCc3cc(OCCCN4CCC[C@H]4C)ccc32)cc1. The van der Waals surface area contributed by atoms with E-state index in [1.54, 1.807) is 0 Å². The molecule has 1 atom stereocenters. The molecule has 2 aromatic rings. The van der Waals surface area contributed by atoms with E-state index >= 15 is 0 Å². The minimum absolute atomic E-state index is 0.134. The van der Waals surface area contributed by atoms with Gasteiger partial charge in [0, 0.05) is 30.4 Å². The van der Waals surface area contributed by atoms with Crippen LogP contribution >= 0.6 is 0 Å². The molecule has 0 spiro atoms. The van der Waals surface area contributed by atoms with E-state index in [-0.39, 0.29) is 5.91 Å². The normalized spacial score (nSPS) is 19.1. The van der Waals surface area contributed by atoms with E-state index in [9.17, 15) is 4.79 Å². The number of hydrogen-bond acceptors (Lipinski definition) is 4. The van der Waals surface area contributed by atoms with Crippen molar-refractivity contribution in [3.05, 3.63) is 60.3 Å². The Kier molecular flexibility index (Phi) is 6.92. The highest BCUT2D eigenvalue weighted by Gasteiger charge is 2.26. The number of nitrogens with one attached hydrogen (secondary N) is 1. The fourth-order valence-corrected chi connectivity index (χ4v) is 4.51. The number of nitrogens with zero attached hydrogens (tertiary/aromatic N) is 2. The van der Waals surface area contributed by atoms with Crippen molar-refractivity contribution in [2.45, 2.75) is 52.0 Å². The number of benzene rings is 2. The zero-order valence-corrected chi connectivity index (χ0v) is 18.6. The molecule has 164 valence electrons. The lowest BCUT2D eigenvalue weighted by atomic mass is 10.00. The van der Waals surface area contributed by atoms with Crippen LogP contribution in [0, 0.1) is 0 Å². The summed E-state index contributed by atoms with van der Waals surface area (Å²) in [6.07, 6.45) is 8.79. The first kappa shape index (κ1) is 21.4. The number of ether oxygens (including phenoxy) is 1. The van der Waals surface area contributed by atoms with Gasteiger partial charge in [-0.15, -0.1) is 0 Å². The van der Waals surface area contributed by atoms with E-state index in [4.69, 9.17) is 4.74 Å². The van der Waals surface area contributed by atoms with Gasteiger partial charge in [-0.2, -0.15) is 0 Å². The summed E-state index contributed by atoms with van der Waals surface area (Å²) in [5.74, 6) is 1.03. The highest BCUT2D eigenvalue weighted by molar-refractivity contribution is 6.03. The fraction of sp³-hybridized carbons (Fsp3) is 0.423. The monoisotopic (exact) mass is 419 g/mol. The molecule has 5 heteroatoms. The van der Waals surface area contributed by atoms with Crippen molar-refractivity contribution < 1.29 is 9.53 Å². The van der Waals surface area contributed by atoms with Gasteiger partial charge in [0.15, 0.2) is 0 Å². The summed E-state index contributed by atoms with van der Waals surface area (Å²) in [6.45, 7) is 7.34. The summed E-state index contributed by atoms with van der Waals surface area (Å²) >= 11 is 0. The van der Waals surface area contributed by atoms with E-state index in [0.29, 0.717) is 12.5 Å². The number of likely N-dealkylation sites (tertiary alicyclic amines) is 1. The maximum absolute atomic E-state index is 12.7. The molecule has 5 nitrogen and oxygen atoms in total. The highest BCUT2D eigenvalue weighted by Crippen LogP contribution is 2.36. The minimum atomic E-state index is 0.134. The van der Waals surface area contributed by atoms with Gasteiger partial charge in [0.05, 0.1) is 12.3 Å². The molecule has 1 fully saturated rings. The van der Waals surface area contributed by atoms with Crippen LogP contribution in [0.3, 0.4) is 0 Å². The average Bonchev–Trinajstić information content (AvgIpc) is 3.20. The molecule has 1 N–H and O–H groups in total. The largest absolute Gasteiger partial charge is 0.494 e. The summed E-state index contributed by atoms with van der Waals surface area (Å²) in [4.78, 5) is 17.1. The molecular weight excluding hydrogens is 386 g/mol. The van der Waals surface area contributed by atoms with Gasteiger partial charge in [0.25, 0.3) is 0 Å². The van der Waals surface area contributed by atoms with Crippen molar-refractivity contribution in [1.82, 2.24) is 4.90 Å². The van der Waals surface area contributed by atoms with Crippen molar-refractivity contribution in [1.29, 1.82) is 0 Å². The molecule has 4 rings (SSSR count). The number of rotatable bonds is 8. The molecule has 0 aliphatic carbocycles. The maximum Gasteiger partial charge on any atom is 0.231 e. The predicted molar refractivity (Wildman–Crippen MR) is 127 cm³/mol. The summed E-state index contributed by atoms with van der Waals surface area (Å²) < 4.78 is 6.04. The smallest absolute Gasteiger partial charge is 0.231 e. The molecule has 0 radical (unpaired) electrons. The predicted octanol–water partition coefficient (Wildman–Crippen LogP) is 5.50. The Morgan fingerprint density at radius 2 is 2.00 bits per heavy atom. The number of allylic oxidation sites excluding steroid dienone is 1. The van der Waals surface area contributed by atoms with Gasteiger partial charge in [-0.3, -0.25) is 9.69 Å². The van der Waals surface area contributed by atoms with Crippen molar-refractivity contribution in [3.8, 4) is 5.75 Å². The number of carbonyl (C=O) groups is 1. The third-order valence-corrected chi connectivity index (χ3v) is 6.24. The number of anilines is 3. The summed E-state index contributed by atoms with van der Waals surface area (Å²) in [7, 11) is 0. The minimum Gasteiger partial charge on any atom is -0.494 e. The van der Waals surface area contributed by atoms with Crippen LogP contribution in [-0.4, -0.2) is 36.5 Å². The fourth-order valence-electron chi connectivity index (χ4n) is 4.51. The van der Waals surface area contributed by atoms with Crippen LogP contribution in [0.4, 0.5) is 17.1 Å². The lowest BCUT2D eigenvalue weighted by Gasteiger charge is -2.30. The third kappa shape index (κ3) is 5.10. The maximum atomic E-state index is 12.7. The molecule has 0 unspecified atom stereocenters. The first-order chi connectivity index (χ1) is 15.2. The molecule has 2 aromatic carbocycles. The topological polar surface area (TPSA) is 44.8 Å². The van der Waals surface area contributed by atoms with Gasteiger partial charge in [-0.25, -0.2) is 0 Å². The molecule has 2 aliphatic rings. The Morgan fingerprint density at radius 3 is 2.74 bits per heavy atom. The number of amides is 1. The second kappa shape index (κ2) is 10.0. The van der Waals surface area contributed by atoms with Gasteiger partial charge < -0.3 is 15.0 Å². The molecule has 1 saturated heterocycles. The van der Waals surface area contributed by atoms with E-state index < -0.39 is 0 Å². The molecule has 0 bridgehead atoms. The van der Waals surface area contributed by atoms with Crippen LogP contribution < -0.4 is 15.0 Å². The number of aryl methyl sites for hydroxylation is 1. The van der Waals surface area contributed by atoms with Gasteiger partial charge in [0.2, 0.25) is 5.91 Å². The first-order valence-corrected chi connectivity index (χ1v) is 11.5. The quantitative estimate of drug-likeness (QED) is 0.574. The van der Waals surface area contributed by atoms with Crippen LogP contribution in [0.15, 0.2) is 54.7 Å². The van der Waals surface area contributed by atoms with E-state index in [0.717, 1.165) is 48.8 Å². The van der Waals surface area contributed by atoms with Crippen molar-refractivity contribution in [2.75, 3.05) is 29.9 Å². The molecular formula is C26H33N3O2. The molecule has 2 heterocycles. The average molecular weight is 420 g/mol. The molecule has 0 aromatic heterocycles. The Hall–Kier alpha value is -2.79. The van der Waals surface area contributed by atoms with Crippen LogP contribution in [0.2, 0.25) is 0 Å². The zero-order chi connectivity index (χ0) is 21.6.